The quantitative estimate of drug-likeness (QED) is 0.939. The summed E-state index contributed by atoms with van der Waals surface area (Å²) in [5.74, 6) is 0. The van der Waals surface area contributed by atoms with Crippen LogP contribution >= 0.6 is 11.3 Å². The van der Waals surface area contributed by atoms with E-state index in [9.17, 15) is 13.2 Å². The number of alkyl halides is 3. The van der Waals surface area contributed by atoms with Crippen LogP contribution in [0.5, 0.6) is 0 Å². The minimum absolute atomic E-state index is 0.447. The van der Waals surface area contributed by atoms with Crippen LogP contribution in [0.4, 0.5) is 13.2 Å². The highest BCUT2D eigenvalue weighted by Crippen LogP contribution is 2.34. The molecule has 3 nitrogen and oxygen atoms in total. The molecule has 1 atom stereocenters. The van der Waals surface area contributed by atoms with E-state index in [0.29, 0.717) is 29.1 Å². The molecule has 0 aliphatic rings. The molecule has 102 valence electrons. The number of rotatable bonds is 4. The molecule has 0 saturated heterocycles. The number of hydrogen-bond acceptors (Lipinski definition) is 4. The van der Waals surface area contributed by atoms with Crippen LogP contribution in [0.25, 0.3) is 0 Å². The lowest BCUT2D eigenvalue weighted by molar-refractivity contribution is -0.137. The zero-order valence-electron chi connectivity index (χ0n) is 9.89. The number of nitrogens with zero attached hydrogens (tertiary/aromatic N) is 2. The Morgan fingerprint density at radius 2 is 2.05 bits per heavy atom. The first kappa shape index (κ1) is 14.0. The molecule has 2 aromatic heterocycles. The predicted octanol–water partition coefficient (Wildman–Crippen LogP) is 3.19. The van der Waals surface area contributed by atoms with Gasteiger partial charge in [0.25, 0.3) is 0 Å². The van der Waals surface area contributed by atoms with Crippen LogP contribution in [0, 0.1) is 0 Å². The molecule has 0 spiro atoms. The van der Waals surface area contributed by atoms with Crippen molar-refractivity contribution in [2.45, 2.75) is 25.1 Å². The van der Waals surface area contributed by atoms with Crippen molar-refractivity contribution in [3.63, 3.8) is 0 Å². The van der Waals surface area contributed by atoms with Gasteiger partial charge in [-0.1, -0.05) is 6.07 Å². The smallest absolute Gasteiger partial charge is 0.323 e. The van der Waals surface area contributed by atoms with E-state index in [1.165, 1.54) is 6.20 Å². The van der Waals surface area contributed by atoms with Crippen molar-refractivity contribution in [3.05, 3.63) is 46.2 Å². The van der Waals surface area contributed by atoms with Crippen LogP contribution in [0.3, 0.4) is 0 Å². The van der Waals surface area contributed by atoms with Crippen molar-refractivity contribution >= 4 is 11.3 Å². The second kappa shape index (κ2) is 5.66. The Balaban J connectivity index is 1.97. The molecule has 0 aromatic carbocycles. The van der Waals surface area contributed by atoms with E-state index in [4.69, 9.17) is 5.73 Å². The van der Waals surface area contributed by atoms with E-state index in [-0.39, 0.29) is 0 Å². The molecule has 0 fully saturated rings. The van der Waals surface area contributed by atoms with Gasteiger partial charge in [0.05, 0.1) is 0 Å². The summed E-state index contributed by atoms with van der Waals surface area (Å²) >= 11 is 0.602. The first-order chi connectivity index (χ1) is 8.97. The molecule has 0 aliphatic heterocycles. The fourth-order valence-electron chi connectivity index (χ4n) is 1.58. The Labute approximate surface area is 112 Å². The summed E-state index contributed by atoms with van der Waals surface area (Å²) in [6, 6.07) is 5.08. The second-order valence-corrected chi connectivity index (χ2v) is 5.09. The molecule has 2 N–H and O–H groups in total. The zero-order valence-corrected chi connectivity index (χ0v) is 10.7. The molecule has 7 heteroatoms. The van der Waals surface area contributed by atoms with Crippen molar-refractivity contribution in [1.29, 1.82) is 0 Å². The Hall–Kier alpha value is -1.47. The maximum atomic E-state index is 12.4. The molecule has 2 heterocycles. The van der Waals surface area contributed by atoms with E-state index >= 15 is 0 Å². The third-order valence-corrected chi connectivity index (χ3v) is 3.74. The summed E-state index contributed by atoms with van der Waals surface area (Å²) in [6.07, 6.45) is -0.354. The van der Waals surface area contributed by atoms with Gasteiger partial charge in [-0.15, -0.1) is 11.3 Å². The fourth-order valence-corrected chi connectivity index (χ4v) is 2.40. The van der Waals surface area contributed by atoms with Crippen LogP contribution < -0.4 is 5.73 Å². The van der Waals surface area contributed by atoms with Crippen molar-refractivity contribution in [1.82, 2.24) is 9.97 Å². The van der Waals surface area contributed by atoms with Gasteiger partial charge in [0, 0.05) is 29.0 Å². The average Bonchev–Trinajstić information content (AvgIpc) is 2.87. The monoisotopic (exact) mass is 287 g/mol. The van der Waals surface area contributed by atoms with Gasteiger partial charge in [-0.2, -0.15) is 13.2 Å². The largest absolute Gasteiger partial charge is 0.443 e. The number of hydrogen-bond donors (Lipinski definition) is 1. The molecular formula is C12H12F3N3S. The van der Waals surface area contributed by atoms with E-state index in [1.807, 2.05) is 18.2 Å². The predicted molar refractivity (Wildman–Crippen MR) is 66.6 cm³/mol. The van der Waals surface area contributed by atoms with Crippen LogP contribution in [-0.2, 0) is 12.6 Å². The standard InChI is InChI=1S/C12H12F3N3S/c13-12(14,15)11-18-7-10(19-11)9(16)5-4-8-3-1-2-6-17-8/h1-3,6-7,9H,4-5,16H2. The van der Waals surface area contributed by atoms with Crippen LogP contribution in [0.2, 0.25) is 0 Å². The van der Waals surface area contributed by atoms with Gasteiger partial charge in [-0.05, 0) is 25.0 Å². The van der Waals surface area contributed by atoms with Crippen molar-refractivity contribution < 1.29 is 13.2 Å². The molecule has 19 heavy (non-hydrogen) atoms. The second-order valence-electron chi connectivity index (χ2n) is 4.03. The van der Waals surface area contributed by atoms with E-state index in [0.717, 1.165) is 5.69 Å². The highest BCUT2D eigenvalue weighted by molar-refractivity contribution is 7.11. The molecule has 0 amide bonds. The number of aryl methyl sites for hydroxylation is 1. The van der Waals surface area contributed by atoms with Gasteiger partial charge in [0.2, 0.25) is 0 Å². The van der Waals surface area contributed by atoms with E-state index < -0.39 is 17.2 Å². The van der Waals surface area contributed by atoms with E-state index in [2.05, 4.69) is 9.97 Å². The minimum atomic E-state index is -4.40. The van der Waals surface area contributed by atoms with Gasteiger partial charge < -0.3 is 5.73 Å². The van der Waals surface area contributed by atoms with E-state index in [1.54, 1.807) is 6.20 Å². The summed E-state index contributed by atoms with van der Waals surface area (Å²) in [6.45, 7) is 0. The molecule has 1 unspecified atom stereocenters. The molecule has 0 bridgehead atoms. The van der Waals surface area contributed by atoms with Crippen molar-refractivity contribution in [3.8, 4) is 0 Å². The Kier molecular flexibility index (Phi) is 4.16. The van der Waals surface area contributed by atoms with Crippen LogP contribution in [0.15, 0.2) is 30.6 Å². The summed E-state index contributed by atoms with van der Waals surface area (Å²) in [4.78, 5) is 7.95. The SMILES string of the molecule is NC(CCc1ccccn1)c1cnc(C(F)(F)F)s1. The molecular weight excluding hydrogens is 275 g/mol. The van der Waals surface area contributed by atoms with Gasteiger partial charge in [0.15, 0.2) is 5.01 Å². The maximum absolute atomic E-state index is 12.4. The number of nitrogens with two attached hydrogens (primary N) is 1. The summed E-state index contributed by atoms with van der Waals surface area (Å²) in [5, 5.41) is -0.851. The first-order valence-corrected chi connectivity index (χ1v) is 6.47. The van der Waals surface area contributed by atoms with Crippen LogP contribution in [-0.4, -0.2) is 9.97 Å². The lowest BCUT2D eigenvalue weighted by atomic mass is 10.1. The maximum Gasteiger partial charge on any atom is 0.443 e. The lowest BCUT2D eigenvalue weighted by Gasteiger charge is -2.08. The number of pyridine rings is 1. The number of thiazole rings is 1. The topological polar surface area (TPSA) is 51.8 Å². The molecule has 0 aliphatic carbocycles. The Bertz CT molecular complexity index is 525. The third kappa shape index (κ3) is 3.74. The van der Waals surface area contributed by atoms with Crippen molar-refractivity contribution in [2.75, 3.05) is 0 Å². The number of halogens is 3. The van der Waals surface area contributed by atoms with Gasteiger partial charge in [0.1, 0.15) is 0 Å². The summed E-state index contributed by atoms with van der Waals surface area (Å²) < 4.78 is 37.2. The van der Waals surface area contributed by atoms with Crippen LogP contribution in [0.1, 0.15) is 28.0 Å². The molecule has 2 aromatic rings. The molecule has 0 radical (unpaired) electrons. The molecule has 0 saturated carbocycles. The summed E-state index contributed by atoms with van der Waals surface area (Å²) in [7, 11) is 0. The van der Waals surface area contributed by atoms with Gasteiger partial charge in [-0.3, -0.25) is 4.98 Å². The average molecular weight is 287 g/mol. The van der Waals surface area contributed by atoms with Gasteiger partial charge in [-0.25, -0.2) is 4.98 Å². The first-order valence-electron chi connectivity index (χ1n) is 5.65. The summed E-state index contributed by atoms with van der Waals surface area (Å²) in [5.41, 5.74) is 6.75. The number of aromatic nitrogens is 2. The normalized spacial score (nSPS) is 13.5. The minimum Gasteiger partial charge on any atom is -0.323 e. The lowest BCUT2D eigenvalue weighted by Crippen LogP contribution is -2.10. The Morgan fingerprint density at radius 1 is 1.26 bits per heavy atom. The fraction of sp³-hybridized carbons (Fsp3) is 0.333. The highest BCUT2D eigenvalue weighted by Gasteiger charge is 2.34. The third-order valence-electron chi connectivity index (χ3n) is 2.57. The van der Waals surface area contributed by atoms with Crippen molar-refractivity contribution in [2.24, 2.45) is 5.73 Å². The van der Waals surface area contributed by atoms with Gasteiger partial charge >= 0.3 is 6.18 Å². The Morgan fingerprint density at radius 3 is 2.63 bits per heavy atom. The highest BCUT2D eigenvalue weighted by atomic mass is 32.1. The zero-order chi connectivity index (χ0) is 13.9. The molecule has 2 rings (SSSR count).